The third-order valence-electron chi connectivity index (χ3n) is 1.68. The van der Waals surface area contributed by atoms with Crippen molar-refractivity contribution in [1.82, 2.24) is 0 Å². The standard InChI is InChI=1S/C7H11NO3S/c1-7(10)3-12-5(8)4(7)6(9)11-2/h10H,3,8H2,1-2H3. The Morgan fingerprint density at radius 2 is 2.42 bits per heavy atom. The molecule has 68 valence electrons. The molecule has 12 heavy (non-hydrogen) atoms. The molecule has 1 aliphatic rings. The maximum Gasteiger partial charge on any atom is 0.339 e. The summed E-state index contributed by atoms with van der Waals surface area (Å²) in [4.78, 5) is 11.1. The molecular weight excluding hydrogens is 178 g/mol. The van der Waals surface area contributed by atoms with Crippen molar-refractivity contribution >= 4 is 17.7 Å². The van der Waals surface area contributed by atoms with E-state index in [0.29, 0.717) is 10.8 Å². The Morgan fingerprint density at radius 1 is 1.83 bits per heavy atom. The van der Waals surface area contributed by atoms with E-state index >= 15 is 0 Å². The third kappa shape index (κ3) is 1.42. The van der Waals surface area contributed by atoms with E-state index in [1.54, 1.807) is 6.92 Å². The molecule has 0 aromatic carbocycles. The number of thioether (sulfide) groups is 1. The zero-order valence-corrected chi connectivity index (χ0v) is 7.77. The van der Waals surface area contributed by atoms with Crippen molar-refractivity contribution in [2.75, 3.05) is 12.9 Å². The fraction of sp³-hybridized carbons (Fsp3) is 0.571. The predicted octanol–water partition coefficient (Wildman–Crippen LogP) is -0.172. The number of rotatable bonds is 1. The maximum atomic E-state index is 11.1. The molecule has 0 amide bonds. The lowest BCUT2D eigenvalue weighted by atomic mass is 9.99. The molecule has 1 aliphatic heterocycles. The summed E-state index contributed by atoms with van der Waals surface area (Å²) in [5.41, 5.74) is 4.54. The third-order valence-corrected chi connectivity index (χ3v) is 2.90. The summed E-state index contributed by atoms with van der Waals surface area (Å²) in [5.74, 6) is -0.147. The maximum absolute atomic E-state index is 11.1. The summed E-state index contributed by atoms with van der Waals surface area (Å²) < 4.78 is 4.49. The number of nitrogens with two attached hydrogens (primary N) is 1. The van der Waals surface area contributed by atoms with E-state index in [2.05, 4.69) is 4.74 Å². The highest BCUT2D eigenvalue weighted by atomic mass is 32.2. The second-order valence-corrected chi connectivity index (χ2v) is 3.81. The lowest BCUT2D eigenvalue weighted by molar-refractivity contribution is -0.138. The molecule has 0 aliphatic carbocycles. The normalized spacial score (nSPS) is 29.2. The Morgan fingerprint density at radius 3 is 2.75 bits per heavy atom. The van der Waals surface area contributed by atoms with Crippen molar-refractivity contribution in [3.8, 4) is 0 Å². The largest absolute Gasteiger partial charge is 0.466 e. The van der Waals surface area contributed by atoms with Gasteiger partial charge in [0, 0.05) is 5.75 Å². The van der Waals surface area contributed by atoms with Gasteiger partial charge in [0.25, 0.3) is 0 Å². The van der Waals surface area contributed by atoms with Crippen molar-refractivity contribution in [3.05, 3.63) is 10.6 Å². The molecule has 0 aromatic heterocycles. The highest BCUT2D eigenvalue weighted by Crippen LogP contribution is 2.36. The Kier molecular flexibility index (Phi) is 2.34. The van der Waals surface area contributed by atoms with E-state index < -0.39 is 11.6 Å². The van der Waals surface area contributed by atoms with E-state index in [1.165, 1.54) is 18.9 Å². The Balaban J connectivity index is 2.99. The number of hydrogen-bond donors (Lipinski definition) is 2. The number of hydrogen-bond acceptors (Lipinski definition) is 5. The highest BCUT2D eigenvalue weighted by molar-refractivity contribution is 8.03. The van der Waals surface area contributed by atoms with Gasteiger partial charge in [0.2, 0.25) is 0 Å². The summed E-state index contributed by atoms with van der Waals surface area (Å²) >= 11 is 1.26. The Hall–Kier alpha value is -0.680. The fourth-order valence-corrected chi connectivity index (χ4v) is 2.08. The van der Waals surface area contributed by atoms with Crippen LogP contribution in [0.15, 0.2) is 10.6 Å². The molecule has 5 heteroatoms. The molecule has 0 radical (unpaired) electrons. The number of esters is 1. The first-order chi connectivity index (χ1) is 5.49. The van der Waals surface area contributed by atoms with Crippen LogP contribution in [0, 0.1) is 0 Å². The van der Waals surface area contributed by atoms with E-state index in [4.69, 9.17) is 5.73 Å². The summed E-state index contributed by atoms with van der Waals surface area (Å²) in [7, 11) is 1.27. The van der Waals surface area contributed by atoms with Crippen LogP contribution in [-0.4, -0.2) is 29.5 Å². The average Bonchev–Trinajstić information content (AvgIpc) is 2.25. The van der Waals surface area contributed by atoms with Crippen LogP contribution in [0.2, 0.25) is 0 Å². The van der Waals surface area contributed by atoms with E-state index in [9.17, 15) is 9.90 Å². The van der Waals surface area contributed by atoms with Crippen LogP contribution >= 0.6 is 11.8 Å². The summed E-state index contributed by atoms with van der Waals surface area (Å²) in [5, 5.41) is 10.0. The minimum absolute atomic E-state index is 0.176. The van der Waals surface area contributed by atoms with Gasteiger partial charge in [-0.05, 0) is 6.92 Å². The molecule has 0 saturated heterocycles. The van der Waals surface area contributed by atoms with Crippen molar-refractivity contribution in [3.63, 3.8) is 0 Å². The predicted molar refractivity (Wildman–Crippen MR) is 46.3 cm³/mol. The van der Waals surface area contributed by atoms with Crippen LogP contribution in [0.4, 0.5) is 0 Å². The van der Waals surface area contributed by atoms with Gasteiger partial charge in [0.05, 0.1) is 17.7 Å². The van der Waals surface area contributed by atoms with Crippen molar-refractivity contribution in [2.24, 2.45) is 5.73 Å². The number of carbonyl (C=O) groups is 1. The molecule has 0 aromatic rings. The van der Waals surface area contributed by atoms with Gasteiger partial charge < -0.3 is 15.6 Å². The summed E-state index contributed by atoms with van der Waals surface area (Å²) in [6.45, 7) is 1.55. The van der Waals surface area contributed by atoms with Gasteiger partial charge in [-0.25, -0.2) is 4.79 Å². The van der Waals surface area contributed by atoms with Crippen LogP contribution in [0.5, 0.6) is 0 Å². The van der Waals surface area contributed by atoms with Crippen LogP contribution in [-0.2, 0) is 9.53 Å². The lowest BCUT2D eigenvalue weighted by Gasteiger charge is -2.17. The van der Waals surface area contributed by atoms with Crippen LogP contribution in [0.1, 0.15) is 6.92 Å². The Bertz CT molecular complexity index is 247. The second-order valence-electron chi connectivity index (χ2n) is 2.79. The van der Waals surface area contributed by atoms with Gasteiger partial charge in [-0.2, -0.15) is 0 Å². The number of carbonyl (C=O) groups excluding carboxylic acids is 1. The average molecular weight is 189 g/mol. The molecule has 0 bridgehead atoms. The molecule has 0 fully saturated rings. The quantitative estimate of drug-likeness (QED) is 0.560. The van der Waals surface area contributed by atoms with Crippen molar-refractivity contribution in [1.29, 1.82) is 0 Å². The molecule has 3 N–H and O–H groups in total. The van der Waals surface area contributed by atoms with E-state index in [0.717, 1.165) is 0 Å². The van der Waals surface area contributed by atoms with Crippen molar-refractivity contribution < 1.29 is 14.6 Å². The molecule has 4 nitrogen and oxygen atoms in total. The molecule has 0 saturated carbocycles. The van der Waals surface area contributed by atoms with Gasteiger partial charge in [0.1, 0.15) is 5.60 Å². The first-order valence-corrected chi connectivity index (χ1v) is 4.41. The fourth-order valence-electron chi connectivity index (χ4n) is 1.05. The minimum Gasteiger partial charge on any atom is -0.466 e. The summed E-state index contributed by atoms with van der Waals surface area (Å²) in [6, 6.07) is 0. The zero-order valence-electron chi connectivity index (χ0n) is 6.96. The van der Waals surface area contributed by atoms with Gasteiger partial charge in [-0.3, -0.25) is 0 Å². The first-order valence-electron chi connectivity index (χ1n) is 3.43. The second kappa shape index (κ2) is 2.99. The summed E-state index contributed by atoms with van der Waals surface area (Å²) in [6.07, 6.45) is 0. The zero-order chi connectivity index (χ0) is 9.35. The number of aliphatic hydroxyl groups is 1. The van der Waals surface area contributed by atoms with E-state index in [1.807, 2.05) is 0 Å². The number of ether oxygens (including phenoxy) is 1. The minimum atomic E-state index is -1.15. The topological polar surface area (TPSA) is 72.5 Å². The molecule has 1 rings (SSSR count). The van der Waals surface area contributed by atoms with Crippen LogP contribution in [0.3, 0.4) is 0 Å². The lowest BCUT2D eigenvalue weighted by Crippen LogP contribution is -2.32. The van der Waals surface area contributed by atoms with Gasteiger partial charge >= 0.3 is 5.97 Å². The molecule has 1 unspecified atom stereocenters. The molecule has 1 heterocycles. The molecular formula is C7H11NO3S. The monoisotopic (exact) mass is 189 g/mol. The Labute approximate surface area is 74.8 Å². The van der Waals surface area contributed by atoms with Gasteiger partial charge in [0.15, 0.2) is 0 Å². The highest BCUT2D eigenvalue weighted by Gasteiger charge is 2.39. The van der Waals surface area contributed by atoms with Gasteiger partial charge in [-0.15, -0.1) is 11.8 Å². The van der Waals surface area contributed by atoms with Crippen molar-refractivity contribution in [2.45, 2.75) is 12.5 Å². The first kappa shape index (κ1) is 9.41. The smallest absolute Gasteiger partial charge is 0.339 e. The molecule has 1 atom stereocenters. The SMILES string of the molecule is COC(=O)C1=C(N)SCC1(C)O. The molecule has 0 spiro atoms. The van der Waals surface area contributed by atoms with Gasteiger partial charge in [-0.1, -0.05) is 0 Å². The van der Waals surface area contributed by atoms with Crippen LogP contribution in [0.25, 0.3) is 0 Å². The number of methoxy groups -OCH3 is 1. The van der Waals surface area contributed by atoms with E-state index in [-0.39, 0.29) is 5.57 Å². The van der Waals surface area contributed by atoms with Crippen LogP contribution < -0.4 is 5.73 Å².